The Labute approximate surface area is 232 Å². The Morgan fingerprint density at radius 1 is 1.15 bits per heavy atom. The summed E-state index contributed by atoms with van der Waals surface area (Å²) in [6.45, 7) is 10.9. The molecule has 4 aromatic rings. The first-order chi connectivity index (χ1) is 18.8. The third kappa shape index (κ3) is 6.42. The molecule has 1 saturated heterocycles. The lowest BCUT2D eigenvalue weighted by molar-refractivity contribution is -0.0704. The van der Waals surface area contributed by atoms with Gasteiger partial charge in [-0.1, -0.05) is 17.4 Å². The number of nitrogens with one attached hydrogen (secondary N) is 2. The molecule has 39 heavy (non-hydrogen) atoms. The van der Waals surface area contributed by atoms with Gasteiger partial charge in [0.05, 0.1) is 39.9 Å². The molecule has 0 saturated carbocycles. The maximum Gasteiger partial charge on any atom is 0.321 e. The molecule has 10 heteroatoms. The zero-order valence-corrected chi connectivity index (χ0v) is 23.5. The van der Waals surface area contributed by atoms with Crippen LogP contribution in [-0.4, -0.2) is 62.8 Å². The first kappa shape index (κ1) is 27.1. The highest BCUT2D eigenvalue weighted by molar-refractivity contribution is 7.22. The lowest BCUT2D eigenvalue weighted by Crippen LogP contribution is -2.44. The molecule has 0 radical (unpaired) electrons. The van der Waals surface area contributed by atoms with Crippen LogP contribution in [0, 0.1) is 0 Å². The van der Waals surface area contributed by atoms with E-state index in [1.807, 2.05) is 31.3 Å². The van der Waals surface area contributed by atoms with E-state index < -0.39 is 6.10 Å². The van der Waals surface area contributed by atoms with Crippen LogP contribution < -0.4 is 10.6 Å². The average molecular weight is 547 g/mol. The summed E-state index contributed by atoms with van der Waals surface area (Å²) >= 11 is 1.43. The smallest absolute Gasteiger partial charge is 0.321 e. The second kappa shape index (κ2) is 11.7. The zero-order valence-electron chi connectivity index (χ0n) is 22.6. The number of hydrogen-bond acceptors (Lipinski definition) is 8. The van der Waals surface area contributed by atoms with Crippen molar-refractivity contribution in [2.45, 2.75) is 52.6 Å². The molecule has 0 aliphatic carbocycles. The highest BCUT2D eigenvalue weighted by atomic mass is 32.1. The maximum absolute atomic E-state index is 12.2. The van der Waals surface area contributed by atoms with Gasteiger partial charge in [0, 0.05) is 49.7 Å². The number of nitrogens with zero attached hydrogens (tertiary/aromatic N) is 4. The molecule has 3 atom stereocenters. The van der Waals surface area contributed by atoms with Crippen LogP contribution in [-0.2, 0) is 11.3 Å². The van der Waals surface area contributed by atoms with Gasteiger partial charge in [0.15, 0.2) is 5.13 Å². The van der Waals surface area contributed by atoms with Crippen molar-refractivity contribution in [3.05, 3.63) is 60.0 Å². The van der Waals surface area contributed by atoms with Crippen molar-refractivity contribution in [1.82, 2.24) is 25.2 Å². The number of urea groups is 1. The summed E-state index contributed by atoms with van der Waals surface area (Å²) in [6, 6.07) is 11.8. The highest BCUT2D eigenvalue weighted by Gasteiger charge is 2.22. The number of aromatic nitrogens is 3. The lowest BCUT2D eigenvalue weighted by Gasteiger charge is -2.35. The summed E-state index contributed by atoms with van der Waals surface area (Å²) in [7, 11) is 0. The second-order valence-corrected chi connectivity index (χ2v) is 11.0. The van der Waals surface area contributed by atoms with Crippen molar-refractivity contribution < 1.29 is 14.6 Å². The summed E-state index contributed by atoms with van der Waals surface area (Å²) in [4.78, 5) is 28.5. The SMILES string of the molecule is CCNC(=O)Nc1nc2cc(-c3ccc(C(C)O)nc3)cc(-c3cc(CN4C[C@@H](C)O[C@@H](C)C4)ccn3)c2s1. The van der Waals surface area contributed by atoms with E-state index in [4.69, 9.17) is 14.7 Å². The Balaban J connectivity index is 1.54. The van der Waals surface area contributed by atoms with Crippen molar-refractivity contribution in [3.63, 3.8) is 0 Å². The number of thiazole rings is 1. The van der Waals surface area contributed by atoms with Gasteiger partial charge in [0.2, 0.25) is 0 Å². The third-order valence-electron chi connectivity index (χ3n) is 6.60. The topological polar surface area (TPSA) is 112 Å². The predicted octanol–water partition coefficient (Wildman–Crippen LogP) is 5.22. The molecule has 3 aromatic heterocycles. The minimum atomic E-state index is -0.636. The van der Waals surface area contributed by atoms with Crippen LogP contribution in [0.5, 0.6) is 0 Å². The fourth-order valence-corrected chi connectivity index (χ4v) is 5.92. The van der Waals surface area contributed by atoms with Crippen molar-refractivity contribution in [2.24, 2.45) is 0 Å². The van der Waals surface area contributed by atoms with E-state index in [1.54, 1.807) is 13.1 Å². The van der Waals surface area contributed by atoms with Gasteiger partial charge in [0.25, 0.3) is 0 Å². The quantitative estimate of drug-likeness (QED) is 0.291. The van der Waals surface area contributed by atoms with Gasteiger partial charge in [-0.05, 0) is 69.2 Å². The van der Waals surface area contributed by atoms with Crippen LogP contribution >= 0.6 is 11.3 Å². The van der Waals surface area contributed by atoms with E-state index in [2.05, 4.69) is 52.6 Å². The van der Waals surface area contributed by atoms with E-state index in [0.29, 0.717) is 17.4 Å². The Morgan fingerprint density at radius 2 is 1.95 bits per heavy atom. The van der Waals surface area contributed by atoms with Crippen LogP contribution in [0.1, 0.15) is 45.1 Å². The molecule has 1 aliphatic rings. The molecular formula is C29H34N6O3S. The number of carbonyl (C=O) groups excluding carboxylic acids is 1. The van der Waals surface area contributed by atoms with Crippen LogP contribution in [0.25, 0.3) is 32.6 Å². The molecule has 1 unspecified atom stereocenters. The monoisotopic (exact) mass is 546 g/mol. The normalized spacial score (nSPS) is 18.7. The standard InChI is InChI=1S/C29H34N6O3S/c1-5-30-28(37)34-29-33-26-12-22(21-6-7-24(19(4)36)32-13-21)11-23(27(26)39-29)25-10-20(8-9-31-25)16-35-14-17(2)38-18(3)15-35/h6-13,17-19,36H,5,14-16H2,1-4H3,(H2,30,33,34,37)/t17-,18+,19?. The summed E-state index contributed by atoms with van der Waals surface area (Å²) in [5, 5.41) is 16.0. The summed E-state index contributed by atoms with van der Waals surface area (Å²) < 4.78 is 6.84. The number of ether oxygens (including phenoxy) is 1. The Morgan fingerprint density at radius 3 is 2.64 bits per heavy atom. The van der Waals surface area contributed by atoms with Gasteiger partial charge >= 0.3 is 6.03 Å². The molecular weight excluding hydrogens is 512 g/mol. The van der Waals surface area contributed by atoms with Gasteiger partial charge < -0.3 is 15.2 Å². The number of carbonyl (C=O) groups is 1. The van der Waals surface area contributed by atoms with Crippen molar-refractivity contribution in [3.8, 4) is 22.4 Å². The molecule has 1 aliphatic heterocycles. The summed E-state index contributed by atoms with van der Waals surface area (Å²) in [5.74, 6) is 0. The number of aliphatic hydroxyl groups excluding tert-OH is 1. The van der Waals surface area contributed by atoms with Crippen LogP contribution in [0.4, 0.5) is 9.93 Å². The molecule has 0 spiro atoms. The molecule has 5 rings (SSSR count). The van der Waals surface area contributed by atoms with Gasteiger partial charge in [-0.25, -0.2) is 9.78 Å². The number of fused-ring (bicyclic) bond motifs is 1. The van der Waals surface area contributed by atoms with Crippen LogP contribution in [0.3, 0.4) is 0 Å². The predicted molar refractivity (Wildman–Crippen MR) is 155 cm³/mol. The molecule has 1 fully saturated rings. The molecule has 9 nitrogen and oxygen atoms in total. The maximum atomic E-state index is 12.2. The van der Waals surface area contributed by atoms with Gasteiger partial charge in [-0.3, -0.25) is 20.2 Å². The zero-order chi connectivity index (χ0) is 27.5. The van der Waals surface area contributed by atoms with E-state index in [9.17, 15) is 9.90 Å². The molecule has 204 valence electrons. The minimum absolute atomic E-state index is 0.202. The summed E-state index contributed by atoms with van der Waals surface area (Å²) in [5.41, 5.74) is 6.17. The average Bonchev–Trinajstić information content (AvgIpc) is 3.30. The first-order valence-corrected chi connectivity index (χ1v) is 14.1. The van der Waals surface area contributed by atoms with E-state index >= 15 is 0 Å². The highest BCUT2D eigenvalue weighted by Crippen LogP contribution is 2.38. The van der Waals surface area contributed by atoms with E-state index in [-0.39, 0.29) is 18.2 Å². The first-order valence-electron chi connectivity index (χ1n) is 13.3. The van der Waals surface area contributed by atoms with Crippen molar-refractivity contribution in [2.75, 3.05) is 25.0 Å². The second-order valence-electron chi connectivity index (χ2n) is 10.0. The number of aliphatic hydroxyl groups is 1. The number of benzene rings is 1. The molecule has 0 bridgehead atoms. The fourth-order valence-electron chi connectivity index (χ4n) is 4.96. The summed E-state index contributed by atoms with van der Waals surface area (Å²) in [6.07, 6.45) is 3.38. The number of anilines is 1. The number of rotatable bonds is 7. The largest absolute Gasteiger partial charge is 0.387 e. The van der Waals surface area contributed by atoms with E-state index in [1.165, 1.54) is 16.9 Å². The number of amides is 2. The van der Waals surface area contributed by atoms with Crippen LogP contribution in [0.15, 0.2) is 48.8 Å². The fraction of sp³-hybridized carbons (Fsp3) is 0.379. The molecule has 3 N–H and O–H groups in total. The molecule has 2 amide bonds. The minimum Gasteiger partial charge on any atom is -0.387 e. The Bertz CT molecular complexity index is 1450. The molecule has 4 heterocycles. The lowest BCUT2D eigenvalue weighted by atomic mass is 10.0. The number of hydrogen-bond donors (Lipinski definition) is 3. The van der Waals surface area contributed by atoms with Crippen LogP contribution in [0.2, 0.25) is 0 Å². The van der Waals surface area contributed by atoms with E-state index in [0.717, 1.165) is 52.2 Å². The Hall–Kier alpha value is -3.44. The van der Waals surface area contributed by atoms with Gasteiger partial charge in [0.1, 0.15) is 0 Å². The van der Waals surface area contributed by atoms with Crippen molar-refractivity contribution in [1.29, 1.82) is 0 Å². The number of morpholine rings is 1. The van der Waals surface area contributed by atoms with Crippen molar-refractivity contribution >= 4 is 32.7 Å². The third-order valence-corrected chi connectivity index (χ3v) is 7.62. The van der Waals surface area contributed by atoms with Gasteiger partial charge in [-0.2, -0.15) is 0 Å². The van der Waals surface area contributed by atoms with Gasteiger partial charge in [-0.15, -0.1) is 0 Å². The Kier molecular flexibility index (Phi) is 8.18. The molecule has 1 aromatic carbocycles. The number of pyridine rings is 2.